The van der Waals surface area contributed by atoms with Gasteiger partial charge in [0.15, 0.2) is 0 Å². The second-order valence-corrected chi connectivity index (χ2v) is 2.63. The van der Waals surface area contributed by atoms with E-state index in [1.54, 1.807) is 0 Å². The van der Waals surface area contributed by atoms with Crippen LogP contribution in [0, 0.1) is 0 Å². The molecule has 0 aliphatic carbocycles. The van der Waals surface area contributed by atoms with Gasteiger partial charge in [0.05, 0.1) is 14.5 Å². The summed E-state index contributed by atoms with van der Waals surface area (Å²) in [5, 5.41) is 9.31. The summed E-state index contributed by atoms with van der Waals surface area (Å²) in [6, 6.07) is 9.65. The molecule has 0 fully saturated rings. The van der Waals surface area contributed by atoms with Gasteiger partial charge in [0.1, 0.15) is 0 Å². The lowest BCUT2D eigenvalue weighted by atomic mass is 10.1. The second-order valence-electron chi connectivity index (χ2n) is 2.16. The summed E-state index contributed by atoms with van der Waals surface area (Å²) in [5.74, 6) is 0. The van der Waals surface area contributed by atoms with Crippen LogP contribution in [-0.2, 0) is 0 Å². The highest BCUT2D eigenvalue weighted by atomic mass is 31.0. The fraction of sp³-hybridized carbons (Fsp3) is 0.250. The summed E-state index contributed by atoms with van der Waals surface area (Å²) >= 11 is 0. The fourth-order valence-electron chi connectivity index (χ4n) is 0.811. The maximum Gasteiger partial charge on any atom is 0.0824 e. The molecule has 2 unspecified atom stereocenters. The molecule has 0 aromatic heterocycles. The van der Waals surface area contributed by atoms with Gasteiger partial charge in [0.2, 0.25) is 0 Å². The summed E-state index contributed by atoms with van der Waals surface area (Å²) in [6.07, 6.45) is 0.371. The summed E-state index contributed by atoms with van der Waals surface area (Å²) in [4.78, 5) is 0. The van der Waals surface area contributed by atoms with E-state index in [9.17, 15) is 5.11 Å². The normalized spacial score (nSPS) is 11.8. The lowest BCUT2D eigenvalue weighted by Crippen LogP contribution is -1.96. The fourth-order valence-corrected chi connectivity index (χ4v) is 1.08. The van der Waals surface area contributed by atoms with Crippen molar-refractivity contribution in [2.75, 3.05) is 6.16 Å². The van der Waals surface area contributed by atoms with E-state index in [1.807, 2.05) is 30.3 Å². The minimum atomic E-state index is -0.328. The molecular formula is C8H14BOP. The first-order chi connectivity index (χ1) is 4.84. The molecule has 0 aliphatic rings. The van der Waals surface area contributed by atoms with Crippen molar-refractivity contribution < 1.29 is 5.11 Å². The van der Waals surface area contributed by atoms with E-state index in [1.165, 1.54) is 0 Å². The van der Waals surface area contributed by atoms with Crippen LogP contribution in [0.3, 0.4) is 0 Å². The maximum atomic E-state index is 9.31. The first-order valence-electron chi connectivity index (χ1n) is 3.27. The van der Waals surface area contributed by atoms with Gasteiger partial charge in [-0.3, -0.25) is 0 Å². The average Bonchev–Trinajstić information content (AvgIpc) is 2.05. The monoisotopic (exact) mass is 168 g/mol. The minimum Gasteiger partial charge on any atom is -0.388 e. The topological polar surface area (TPSA) is 20.2 Å². The molecule has 0 aliphatic heterocycles. The van der Waals surface area contributed by atoms with E-state index < -0.39 is 0 Å². The van der Waals surface area contributed by atoms with E-state index in [4.69, 9.17) is 0 Å². The standard InChI is InChI=1S/C8H11OP.BH3/c9-8(6-10)7-4-2-1-3-5-7;/h1-5,8-9H,6,10H2;1H3. The summed E-state index contributed by atoms with van der Waals surface area (Å²) < 4.78 is 0. The van der Waals surface area contributed by atoms with Crippen LogP contribution in [0.2, 0.25) is 0 Å². The van der Waals surface area contributed by atoms with Gasteiger partial charge in [-0.15, -0.1) is 9.24 Å². The van der Waals surface area contributed by atoms with Crippen LogP contribution in [0.5, 0.6) is 0 Å². The molecule has 1 nitrogen and oxygen atoms in total. The smallest absolute Gasteiger partial charge is 0.0824 e. The van der Waals surface area contributed by atoms with Crippen molar-refractivity contribution in [2.45, 2.75) is 6.10 Å². The van der Waals surface area contributed by atoms with Gasteiger partial charge in [-0.2, -0.15) is 0 Å². The number of hydrogen-bond acceptors (Lipinski definition) is 1. The number of rotatable bonds is 2. The first-order valence-corrected chi connectivity index (χ1v) is 4.09. The predicted molar refractivity (Wildman–Crippen MR) is 55.9 cm³/mol. The molecule has 11 heavy (non-hydrogen) atoms. The molecule has 0 amide bonds. The van der Waals surface area contributed by atoms with Crippen molar-refractivity contribution in [3.05, 3.63) is 35.9 Å². The Bertz CT molecular complexity index is 191. The van der Waals surface area contributed by atoms with Gasteiger partial charge < -0.3 is 5.11 Å². The van der Waals surface area contributed by atoms with Gasteiger partial charge in [0, 0.05) is 0 Å². The molecule has 1 rings (SSSR count). The van der Waals surface area contributed by atoms with Crippen LogP contribution in [0.1, 0.15) is 11.7 Å². The molecule has 0 bridgehead atoms. The number of hydrogen-bond donors (Lipinski definition) is 1. The predicted octanol–water partition coefficient (Wildman–Crippen LogP) is 0.411. The van der Waals surface area contributed by atoms with Crippen LogP contribution in [-0.4, -0.2) is 19.7 Å². The second kappa shape index (κ2) is 5.34. The van der Waals surface area contributed by atoms with Gasteiger partial charge in [0.25, 0.3) is 0 Å². The molecule has 2 atom stereocenters. The Morgan fingerprint density at radius 2 is 1.82 bits per heavy atom. The average molecular weight is 168 g/mol. The number of aliphatic hydroxyl groups excluding tert-OH is 1. The zero-order valence-corrected chi connectivity index (χ0v) is 6.85. The van der Waals surface area contributed by atoms with Gasteiger partial charge in [-0.1, -0.05) is 30.3 Å². The van der Waals surface area contributed by atoms with Crippen molar-refractivity contribution in [1.82, 2.24) is 0 Å². The third-order valence-corrected chi connectivity index (χ3v) is 1.85. The molecule has 0 saturated carbocycles. The molecule has 1 aromatic rings. The molecule has 0 heterocycles. The van der Waals surface area contributed by atoms with Crippen molar-refractivity contribution in [1.29, 1.82) is 0 Å². The van der Waals surface area contributed by atoms with E-state index in [0.717, 1.165) is 5.56 Å². The lowest BCUT2D eigenvalue weighted by Gasteiger charge is -2.05. The first kappa shape index (κ1) is 10.7. The molecular weight excluding hydrogens is 154 g/mol. The Hall–Kier alpha value is -0.325. The van der Waals surface area contributed by atoms with Gasteiger partial charge in [-0.05, 0) is 11.7 Å². The quantitative estimate of drug-likeness (QED) is 0.500. The highest BCUT2D eigenvalue weighted by Crippen LogP contribution is 2.13. The third-order valence-electron chi connectivity index (χ3n) is 1.41. The minimum absolute atomic E-state index is 0. The third kappa shape index (κ3) is 3.05. The van der Waals surface area contributed by atoms with Gasteiger partial charge in [-0.25, -0.2) is 0 Å². The Morgan fingerprint density at radius 1 is 1.27 bits per heavy atom. The largest absolute Gasteiger partial charge is 0.388 e. The Morgan fingerprint density at radius 3 is 2.27 bits per heavy atom. The van der Waals surface area contributed by atoms with E-state index >= 15 is 0 Å². The number of benzene rings is 1. The number of aliphatic hydroxyl groups is 1. The van der Waals surface area contributed by atoms with Crippen molar-refractivity contribution in [3.63, 3.8) is 0 Å². The van der Waals surface area contributed by atoms with Gasteiger partial charge >= 0.3 is 0 Å². The van der Waals surface area contributed by atoms with Crippen molar-refractivity contribution in [2.24, 2.45) is 0 Å². The van der Waals surface area contributed by atoms with E-state index in [0.29, 0.717) is 6.16 Å². The van der Waals surface area contributed by atoms with Crippen LogP contribution < -0.4 is 0 Å². The van der Waals surface area contributed by atoms with E-state index in [-0.39, 0.29) is 14.5 Å². The molecule has 3 heteroatoms. The Labute approximate surface area is 71.6 Å². The Kier molecular flexibility index (Phi) is 5.18. The van der Waals surface area contributed by atoms with Crippen LogP contribution >= 0.6 is 9.24 Å². The van der Waals surface area contributed by atoms with Crippen LogP contribution in [0.4, 0.5) is 0 Å². The summed E-state index contributed by atoms with van der Waals surface area (Å²) in [7, 11) is 2.52. The summed E-state index contributed by atoms with van der Waals surface area (Å²) in [5.41, 5.74) is 0.984. The maximum absolute atomic E-state index is 9.31. The molecule has 0 saturated heterocycles. The molecule has 1 aromatic carbocycles. The van der Waals surface area contributed by atoms with E-state index in [2.05, 4.69) is 9.24 Å². The Balaban J connectivity index is 0.000001000. The zero-order chi connectivity index (χ0) is 7.40. The molecule has 0 radical (unpaired) electrons. The molecule has 0 spiro atoms. The van der Waals surface area contributed by atoms with Crippen molar-refractivity contribution >= 4 is 17.7 Å². The van der Waals surface area contributed by atoms with Crippen LogP contribution in [0.25, 0.3) is 0 Å². The molecule has 1 N–H and O–H groups in total. The lowest BCUT2D eigenvalue weighted by molar-refractivity contribution is 0.204. The highest BCUT2D eigenvalue weighted by molar-refractivity contribution is 7.16. The molecule has 60 valence electrons. The highest BCUT2D eigenvalue weighted by Gasteiger charge is 2.00. The summed E-state index contributed by atoms with van der Waals surface area (Å²) in [6.45, 7) is 0. The SMILES string of the molecule is B.OC(CP)c1ccccc1. The zero-order valence-electron chi connectivity index (χ0n) is 5.70. The van der Waals surface area contributed by atoms with Crippen molar-refractivity contribution in [3.8, 4) is 0 Å². The van der Waals surface area contributed by atoms with Crippen LogP contribution in [0.15, 0.2) is 30.3 Å².